The van der Waals surface area contributed by atoms with Crippen LogP contribution in [-0.4, -0.2) is 37.7 Å². The molecular weight excluding hydrogens is 420 g/mol. The van der Waals surface area contributed by atoms with Gasteiger partial charge < -0.3 is 24.0 Å². The van der Waals surface area contributed by atoms with Crippen molar-refractivity contribution in [1.29, 1.82) is 0 Å². The van der Waals surface area contributed by atoms with Gasteiger partial charge in [0.05, 0.1) is 5.82 Å². The smallest absolute Gasteiger partial charge is 1.00 e. The van der Waals surface area contributed by atoms with Crippen LogP contribution in [0, 0.1) is 46.8 Å². The molecule has 2 aromatic carbocycles. The van der Waals surface area contributed by atoms with E-state index in [4.69, 9.17) is 0 Å². The topological polar surface area (TPSA) is 0 Å². The van der Waals surface area contributed by atoms with Crippen LogP contribution in [0.1, 0.15) is 0 Å². The van der Waals surface area contributed by atoms with Crippen molar-refractivity contribution < 1.29 is 54.7 Å². The van der Waals surface area contributed by atoms with Crippen LogP contribution < -0.4 is 24.0 Å². The molecule has 0 N–H and O–H groups in total. The Hall–Kier alpha value is 0.200. The van der Waals surface area contributed by atoms with Gasteiger partial charge in [0.15, 0.2) is 11.6 Å². The SMILES string of the molecule is Fc1[c-]c(F)c2c(F)c(F)c(F)c(F)c2c1F.[Ca+2].[I-]. The molecule has 0 aliphatic carbocycles. The van der Waals surface area contributed by atoms with Crippen LogP contribution in [0.15, 0.2) is 0 Å². The average molecular weight is 420 g/mol. The van der Waals surface area contributed by atoms with Crippen molar-refractivity contribution in [3.63, 3.8) is 0 Å². The molecule has 0 fully saturated rings. The van der Waals surface area contributed by atoms with Gasteiger partial charge in [-0.1, -0.05) is 0 Å². The molecule has 0 aromatic heterocycles. The van der Waals surface area contributed by atoms with E-state index in [1.165, 1.54) is 0 Å². The third kappa shape index (κ3) is 2.96. The summed E-state index contributed by atoms with van der Waals surface area (Å²) in [6.07, 6.45) is 0. The summed E-state index contributed by atoms with van der Waals surface area (Å²) < 4.78 is 90.4. The van der Waals surface area contributed by atoms with Crippen molar-refractivity contribution >= 4 is 48.5 Å². The third-order valence-electron chi connectivity index (χ3n) is 2.12. The molecule has 0 amide bonds. The van der Waals surface area contributed by atoms with Gasteiger partial charge >= 0.3 is 37.7 Å². The largest absolute Gasteiger partial charge is 2.00 e. The molecule has 0 radical (unpaired) electrons. The predicted octanol–water partition coefficient (Wildman–Crippen LogP) is 0.237. The monoisotopic (exact) mass is 420 g/mol. The van der Waals surface area contributed by atoms with Crippen LogP contribution in [0.25, 0.3) is 10.8 Å². The van der Waals surface area contributed by atoms with Gasteiger partial charge in [0, 0.05) is 11.6 Å². The van der Waals surface area contributed by atoms with E-state index in [0.29, 0.717) is 0 Å². The minimum Gasteiger partial charge on any atom is -1.00 e. The van der Waals surface area contributed by atoms with Crippen molar-refractivity contribution in [2.75, 3.05) is 0 Å². The van der Waals surface area contributed by atoms with E-state index in [2.05, 4.69) is 0 Å². The fourth-order valence-corrected chi connectivity index (χ4v) is 1.37. The Bertz CT molecular complexity index is 644. The maximum Gasteiger partial charge on any atom is 2.00 e. The number of rotatable bonds is 0. The summed E-state index contributed by atoms with van der Waals surface area (Å²) in [7, 11) is 0. The second kappa shape index (κ2) is 6.77. The molecule has 2 aromatic rings. The van der Waals surface area contributed by atoms with E-state index in [0.717, 1.165) is 6.07 Å². The van der Waals surface area contributed by atoms with Crippen LogP contribution >= 0.6 is 0 Å². The first kappa shape index (κ1) is 19.2. The Labute approximate surface area is 149 Å². The zero-order chi connectivity index (χ0) is 12.9. The van der Waals surface area contributed by atoms with Gasteiger partial charge in [-0.3, -0.25) is 4.39 Å². The summed E-state index contributed by atoms with van der Waals surface area (Å²) in [5.74, 6) is -14.9. The van der Waals surface area contributed by atoms with Gasteiger partial charge in [0.2, 0.25) is 0 Å². The summed E-state index contributed by atoms with van der Waals surface area (Å²) in [6, 6.07) is 1.09. The summed E-state index contributed by atoms with van der Waals surface area (Å²) in [5.41, 5.74) is 0. The molecule has 2 rings (SSSR count). The second-order valence-electron chi connectivity index (χ2n) is 3.07. The van der Waals surface area contributed by atoms with E-state index in [9.17, 15) is 30.7 Å². The Morgan fingerprint density at radius 1 is 0.526 bits per heavy atom. The Morgan fingerprint density at radius 3 is 1.42 bits per heavy atom. The van der Waals surface area contributed by atoms with E-state index in [-0.39, 0.29) is 61.7 Å². The van der Waals surface area contributed by atoms with Gasteiger partial charge in [-0.2, -0.15) is 0 Å². The first-order valence-corrected chi connectivity index (χ1v) is 4.07. The first-order valence-electron chi connectivity index (χ1n) is 4.07. The first-order chi connectivity index (χ1) is 7.86. The van der Waals surface area contributed by atoms with Crippen molar-refractivity contribution in [3.8, 4) is 0 Å². The zero-order valence-corrected chi connectivity index (χ0v) is 13.1. The van der Waals surface area contributed by atoms with E-state index in [1.807, 2.05) is 0 Å². The van der Waals surface area contributed by atoms with Gasteiger partial charge in [-0.15, -0.1) is 6.07 Å². The summed E-state index contributed by atoms with van der Waals surface area (Å²) in [4.78, 5) is 0. The molecule has 9 heteroatoms. The molecule has 0 spiro atoms. The van der Waals surface area contributed by atoms with Crippen LogP contribution in [0.5, 0.6) is 0 Å². The number of fused-ring (bicyclic) bond motifs is 1. The fourth-order valence-electron chi connectivity index (χ4n) is 1.37. The Morgan fingerprint density at radius 2 is 0.947 bits per heavy atom. The van der Waals surface area contributed by atoms with Crippen molar-refractivity contribution in [2.45, 2.75) is 0 Å². The minimum atomic E-state index is -2.35. The minimum absolute atomic E-state index is 0. The normalized spacial score (nSPS) is 10.1. The van der Waals surface area contributed by atoms with Crippen molar-refractivity contribution in [2.24, 2.45) is 0 Å². The molecule has 0 aliphatic rings. The number of benzene rings is 2. The van der Waals surface area contributed by atoms with Crippen LogP contribution in [-0.2, 0) is 0 Å². The van der Waals surface area contributed by atoms with Crippen molar-refractivity contribution in [1.82, 2.24) is 0 Å². The molecule has 0 aliphatic heterocycles. The second-order valence-corrected chi connectivity index (χ2v) is 3.07. The number of hydrogen-bond acceptors (Lipinski definition) is 0. The standard InChI is InChI=1S/C10F7.Ca.HI/c11-2-1-3(12)6(13)5-4(2)7(14)9(16)10(17)8(5)15;;/h;;1H/q-1;+2;/p-1. The fraction of sp³-hybridized carbons (Fsp3) is 0. The van der Waals surface area contributed by atoms with Crippen LogP contribution in [0.2, 0.25) is 0 Å². The summed E-state index contributed by atoms with van der Waals surface area (Å²) in [6.45, 7) is 0. The quantitative estimate of drug-likeness (QED) is 0.143. The molecule has 19 heavy (non-hydrogen) atoms. The Kier molecular flexibility index (Phi) is 6.84. The number of hydrogen-bond donors (Lipinski definition) is 0. The van der Waals surface area contributed by atoms with Gasteiger partial charge in [-0.05, 0) is 10.8 Å². The molecule has 0 unspecified atom stereocenters. The molecule has 0 atom stereocenters. The van der Waals surface area contributed by atoms with Crippen molar-refractivity contribution in [3.05, 3.63) is 46.8 Å². The maximum absolute atomic E-state index is 13.1. The average Bonchev–Trinajstić information content (AvgIpc) is 2.28. The van der Waals surface area contributed by atoms with Gasteiger partial charge in [-0.25, -0.2) is 26.3 Å². The molecule has 0 saturated heterocycles. The summed E-state index contributed by atoms with van der Waals surface area (Å²) >= 11 is 0. The van der Waals surface area contributed by atoms with Gasteiger partial charge in [0.1, 0.15) is 11.6 Å². The predicted molar refractivity (Wildman–Crippen MR) is 48.2 cm³/mol. The number of halogens is 8. The zero-order valence-electron chi connectivity index (χ0n) is 8.73. The molecule has 0 heterocycles. The molecule has 98 valence electrons. The van der Waals surface area contributed by atoms with E-state index < -0.39 is 51.5 Å². The molecular formula is C10CaF7I. The van der Waals surface area contributed by atoms with Crippen LogP contribution in [0.3, 0.4) is 0 Å². The third-order valence-corrected chi connectivity index (χ3v) is 2.12. The molecule has 0 nitrogen and oxygen atoms in total. The van der Waals surface area contributed by atoms with Crippen LogP contribution in [0.4, 0.5) is 30.7 Å². The van der Waals surface area contributed by atoms with E-state index in [1.54, 1.807) is 0 Å². The molecule has 0 saturated carbocycles. The molecule has 0 bridgehead atoms. The van der Waals surface area contributed by atoms with Gasteiger partial charge in [0.25, 0.3) is 0 Å². The van der Waals surface area contributed by atoms with E-state index >= 15 is 0 Å². The Balaban J connectivity index is 0.00000162. The maximum atomic E-state index is 13.1. The summed E-state index contributed by atoms with van der Waals surface area (Å²) in [5, 5.41) is -3.16.